The van der Waals surface area contributed by atoms with Gasteiger partial charge in [-0.25, -0.2) is 26.4 Å². The van der Waals surface area contributed by atoms with Crippen LogP contribution in [0.1, 0.15) is 99.2 Å². The minimum absolute atomic E-state index is 0.0432. The number of nitrogens with one attached hydrogen (secondary N) is 3. The van der Waals surface area contributed by atoms with Gasteiger partial charge < -0.3 is 20.0 Å². The van der Waals surface area contributed by atoms with Crippen molar-refractivity contribution in [2.45, 2.75) is 116 Å². The molecule has 1 aliphatic carbocycles. The number of anilines is 3. The monoisotopic (exact) mass is 1350 g/mol. The number of sulfonamides is 1. The summed E-state index contributed by atoms with van der Waals surface area (Å²) in [5, 5.41) is 6.17. The molecule has 3 atom stereocenters. The third-order valence-electron chi connectivity index (χ3n) is 19.7. The molecule has 25 heteroatoms. The zero-order valence-electron chi connectivity index (χ0n) is 52.6. The van der Waals surface area contributed by atoms with Gasteiger partial charge in [-0.05, 0) is 178 Å². The Morgan fingerprint density at radius 2 is 1.53 bits per heavy atom. The Bertz CT molecular complexity index is 4130. The number of piperazine rings is 2. The molecule has 5 aromatic carbocycles. The Balaban J connectivity index is 0.666. The Kier molecular flexibility index (Phi) is 19.4. The lowest BCUT2D eigenvalue weighted by molar-refractivity contribution is -0.135. The molecule has 6 aromatic rings. The van der Waals surface area contributed by atoms with E-state index in [0.29, 0.717) is 53.2 Å². The standard InChI is InChI=1S/C68H80ClF3N10O8S3/c1-67(2)27-23-56(46-9-13-50(69)14-10-46)49(40-67)42-79-33-36-81-53(43-79)15-11-47-37-48(12-19-58(47)81)64(84)75-93(89,90)55-17-18-57(62(39-55)92(87,88)68(70,71)72)73-51(44-91-54-7-5-4-6-8-54)26-30-77-28-24-45(25-29-77)41-78-31-34-80(35-32-78)52-16-20-59-61(38-52)76(3)66(86)82(59)60-21-22-63(83)74-65(60)85/h4-10,12-14,16-20,37-39,45,51,53,60,73H,11,15,21-36,40-44H2,1-3H3,(H,75,84)(H,74,83,85)/t51-,53?,60?/m1/s1. The van der Waals surface area contributed by atoms with Gasteiger partial charge in [-0.3, -0.25) is 38.6 Å². The molecule has 0 spiro atoms. The molecule has 6 aliphatic rings. The molecule has 93 heavy (non-hydrogen) atoms. The van der Waals surface area contributed by atoms with Gasteiger partial charge >= 0.3 is 11.2 Å². The normalized spacial score (nSPS) is 20.9. The first-order valence-electron chi connectivity index (χ1n) is 32.2. The summed E-state index contributed by atoms with van der Waals surface area (Å²) < 4.78 is 104. The maximum atomic E-state index is 14.6. The number of alkyl halides is 3. The number of carbonyl (C=O) groups excluding carboxylic acids is 3. The van der Waals surface area contributed by atoms with Crippen LogP contribution in [0, 0.1) is 11.3 Å². The summed E-state index contributed by atoms with van der Waals surface area (Å²) in [6, 6.07) is 29.9. The molecular formula is C68H80ClF3N10O8S3. The highest BCUT2D eigenvalue weighted by Gasteiger charge is 2.49. The number of allylic oxidation sites excluding steroid dienone is 1. The van der Waals surface area contributed by atoms with Crippen LogP contribution in [0.5, 0.6) is 0 Å². The third kappa shape index (κ3) is 14.8. The minimum Gasteiger partial charge on any atom is -0.380 e. The van der Waals surface area contributed by atoms with E-state index in [1.165, 1.54) is 33.0 Å². The number of thioether (sulfide) groups is 1. The van der Waals surface area contributed by atoms with Crippen molar-refractivity contribution in [2.75, 3.05) is 99.4 Å². The van der Waals surface area contributed by atoms with E-state index in [0.717, 1.165) is 144 Å². The van der Waals surface area contributed by atoms with Crippen molar-refractivity contribution in [3.63, 3.8) is 0 Å². The fourth-order valence-corrected chi connectivity index (χ4v) is 17.7. The molecule has 3 amide bonds. The Morgan fingerprint density at radius 3 is 2.26 bits per heavy atom. The van der Waals surface area contributed by atoms with Crippen LogP contribution in [0.25, 0.3) is 16.6 Å². The zero-order chi connectivity index (χ0) is 65.6. The van der Waals surface area contributed by atoms with E-state index in [4.69, 9.17) is 11.6 Å². The van der Waals surface area contributed by atoms with Crippen molar-refractivity contribution in [3.05, 3.63) is 147 Å². The van der Waals surface area contributed by atoms with Gasteiger partial charge in [0.25, 0.3) is 25.8 Å². The number of imidazole rings is 1. The van der Waals surface area contributed by atoms with E-state index in [-0.39, 0.29) is 41.5 Å². The first-order valence-corrected chi connectivity index (χ1v) is 36.5. The van der Waals surface area contributed by atoms with Crippen molar-refractivity contribution in [3.8, 4) is 0 Å². The molecule has 2 unspecified atom stereocenters. The zero-order valence-corrected chi connectivity index (χ0v) is 55.8. The number of halogens is 4. The number of likely N-dealkylation sites (tertiary alicyclic amines) is 1. The van der Waals surface area contributed by atoms with E-state index in [2.05, 4.69) is 61.1 Å². The number of amides is 3. The molecule has 12 rings (SSSR count). The third-order valence-corrected chi connectivity index (χ3v) is 24.0. The molecule has 5 aliphatic heterocycles. The number of imide groups is 1. The summed E-state index contributed by atoms with van der Waals surface area (Å²) in [5.41, 5.74) is 2.00. The van der Waals surface area contributed by atoms with Gasteiger partial charge in [0.2, 0.25) is 11.8 Å². The average molecular weight is 1350 g/mol. The van der Waals surface area contributed by atoms with Crippen LogP contribution in [-0.2, 0) is 42.9 Å². The van der Waals surface area contributed by atoms with Gasteiger partial charge in [0.1, 0.15) is 10.9 Å². The van der Waals surface area contributed by atoms with Crippen molar-refractivity contribution in [2.24, 2.45) is 18.4 Å². The fourth-order valence-electron chi connectivity index (χ4n) is 14.6. The van der Waals surface area contributed by atoms with Gasteiger partial charge in [-0.2, -0.15) is 13.2 Å². The maximum absolute atomic E-state index is 14.6. The molecule has 6 heterocycles. The summed E-state index contributed by atoms with van der Waals surface area (Å²) in [4.78, 5) is 62.6. The molecule has 3 N–H and O–H groups in total. The second-order valence-corrected chi connectivity index (χ2v) is 31.7. The lowest BCUT2D eigenvalue weighted by Gasteiger charge is -2.47. The second-order valence-electron chi connectivity index (χ2n) is 26.6. The van der Waals surface area contributed by atoms with Gasteiger partial charge in [-0.1, -0.05) is 61.4 Å². The van der Waals surface area contributed by atoms with Crippen molar-refractivity contribution in [1.82, 2.24) is 33.9 Å². The number of hydrogen-bond acceptors (Lipinski definition) is 15. The quantitative estimate of drug-likeness (QED) is 0.0511. The van der Waals surface area contributed by atoms with E-state index < -0.39 is 64.7 Å². The number of aromatic nitrogens is 2. The number of piperidine rings is 2. The number of benzene rings is 5. The second kappa shape index (κ2) is 27.2. The van der Waals surface area contributed by atoms with Gasteiger partial charge in [0, 0.05) is 124 Å². The fraction of sp³-hybridized carbons (Fsp3) is 0.471. The molecule has 0 bridgehead atoms. The van der Waals surface area contributed by atoms with E-state index in [1.807, 2.05) is 71.5 Å². The van der Waals surface area contributed by atoms with Crippen molar-refractivity contribution < 1.29 is 44.4 Å². The van der Waals surface area contributed by atoms with E-state index >= 15 is 0 Å². The lowest BCUT2D eigenvalue weighted by atomic mass is 9.72. The van der Waals surface area contributed by atoms with Crippen molar-refractivity contribution in [1.29, 1.82) is 0 Å². The number of carbonyl (C=O) groups is 3. The number of aryl methyl sites for hydroxylation is 2. The smallest absolute Gasteiger partial charge is 0.380 e. The van der Waals surface area contributed by atoms with Crippen LogP contribution in [0.2, 0.25) is 5.02 Å². The average Bonchev–Trinajstić information content (AvgIpc) is 1.70. The van der Waals surface area contributed by atoms with Crippen LogP contribution < -0.4 is 30.8 Å². The lowest BCUT2D eigenvalue weighted by Crippen LogP contribution is -2.55. The molecule has 18 nitrogen and oxygen atoms in total. The maximum Gasteiger partial charge on any atom is 0.501 e. The highest BCUT2D eigenvalue weighted by atomic mass is 35.5. The molecule has 496 valence electrons. The molecule has 1 aromatic heterocycles. The number of sulfone groups is 1. The molecule has 0 radical (unpaired) electrons. The molecule has 4 fully saturated rings. The Labute approximate surface area is 550 Å². The topological polar surface area (TPSA) is 199 Å². The Morgan fingerprint density at radius 1 is 0.785 bits per heavy atom. The van der Waals surface area contributed by atoms with Crippen LogP contribution in [0.15, 0.2) is 134 Å². The molecular weight excluding hydrogens is 1270 g/mol. The number of hydrogen-bond donors (Lipinski definition) is 3. The summed E-state index contributed by atoms with van der Waals surface area (Å²) in [6.45, 7) is 14.3. The first-order chi connectivity index (χ1) is 44.4. The Hall–Kier alpha value is -6.67. The minimum atomic E-state index is -6.13. The number of nitrogens with zero attached hydrogens (tertiary/aromatic N) is 7. The summed E-state index contributed by atoms with van der Waals surface area (Å²) in [7, 11) is -9.35. The van der Waals surface area contributed by atoms with Crippen molar-refractivity contribution >= 4 is 94.6 Å². The highest BCUT2D eigenvalue weighted by Crippen LogP contribution is 2.44. The first kappa shape index (κ1) is 66.4. The number of rotatable bonds is 19. The highest BCUT2D eigenvalue weighted by molar-refractivity contribution is 7.99. The van der Waals surface area contributed by atoms with Gasteiger partial charge in [-0.15, -0.1) is 11.8 Å². The largest absolute Gasteiger partial charge is 0.501 e. The SMILES string of the molecule is Cn1c(=O)n(C2CCC(=O)NC2=O)c2ccc(N3CCN(CC4CCN(CC[C@H](CSc5ccccc5)Nc5ccc(S(=O)(=O)NC(=O)c6ccc7c(c6)CCC6CN(CC8=C(c9ccc(Cl)cc9)CCC(C)(C)C8)CCN76)cc5S(=O)(=O)C(F)(F)F)CC4)CC3)cc21. The van der Waals surface area contributed by atoms with E-state index in [9.17, 15) is 49.2 Å². The predicted octanol–water partition coefficient (Wildman–Crippen LogP) is 9.98. The molecule has 4 saturated heterocycles. The van der Waals surface area contributed by atoms with Gasteiger partial charge in [0.05, 0.1) is 21.6 Å². The summed E-state index contributed by atoms with van der Waals surface area (Å²) in [5.74, 6) is -1.03. The van der Waals surface area contributed by atoms with Crippen LogP contribution >= 0.6 is 23.4 Å². The van der Waals surface area contributed by atoms with Gasteiger partial charge in [0.15, 0.2) is 0 Å². The summed E-state index contributed by atoms with van der Waals surface area (Å²) >= 11 is 7.72. The van der Waals surface area contributed by atoms with Crippen LogP contribution in [0.3, 0.4) is 0 Å². The number of fused-ring (bicyclic) bond motifs is 4. The summed E-state index contributed by atoms with van der Waals surface area (Å²) in [6.07, 6.45) is 7.32. The molecule has 0 saturated carbocycles. The van der Waals surface area contributed by atoms with E-state index in [1.54, 1.807) is 23.7 Å². The van der Waals surface area contributed by atoms with Crippen LogP contribution in [-0.4, -0.2) is 160 Å². The van der Waals surface area contributed by atoms with Crippen LogP contribution in [0.4, 0.5) is 30.2 Å². The predicted molar refractivity (Wildman–Crippen MR) is 358 cm³/mol.